The van der Waals surface area contributed by atoms with Crippen LogP contribution in [0, 0.1) is 0 Å². The first-order valence-electron chi connectivity index (χ1n) is 29.9. The predicted octanol–water partition coefficient (Wildman–Crippen LogP) is 10.9. The molecule has 27 nitrogen and oxygen atoms in total. The van der Waals surface area contributed by atoms with Gasteiger partial charge in [0.1, 0.15) is 113 Å². The summed E-state index contributed by atoms with van der Waals surface area (Å²) in [7, 11) is 4.37. The Bertz CT molecular complexity index is 4320. The Morgan fingerprint density at radius 2 is 0.786 bits per heavy atom. The number of aromatic nitrogens is 9. The van der Waals surface area contributed by atoms with E-state index in [-0.39, 0.29) is 17.4 Å². The van der Waals surface area contributed by atoms with E-state index < -0.39 is 102 Å². The van der Waals surface area contributed by atoms with E-state index in [1.165, 1.54) is 53.3 Å². The van der Waals surface area contributed by atoms with Crippen molar-refractivity contribution in [1.82, 2.24) is 43.6 Å². The molecule has 5 saturated heterocycles. The molecule has 14 rings (SSSR count). The van der Waals surface area contributed by atoms with Crippen molar-refractivity contribution in [3.05, 3.63) is 162 Å². The molecule has 35 heteroatoms. The maximum atomic E-state index is 11.6. The third-order valence-electron chi connectivity index (χ3n) is 17.2. The highest BCUT2D eigenvalue weighted by Gasteiger charge is 2.63. The number of ether oxygens (including phenoxy) is 7. The number of benzene rings is 3. The molecule has 0 radical (unpaired) electrons. The molecular formula is C63H70Cl8N12O15. The number of halogens is 8. The average Bonchev–Trinajstić information content (AvgIpc) is 1.58. The molecule has 0 spiro atoms. The van der Waals surface area contributed by atoms with Crippen molar-refractivity contribution >= 4 is 138 Å². The van der Waals surface area contributed by atoms with Crippen LogP contribution in [0.1, 0.15) is 83.8 Å². The fourth-order valence-corrected chi connectivity index (χ4v) is 13.7. The molecule has 6 aromatic heterocycles. The van der Waals surface area contributed by atoms with Crippen molar-refractivity contribution in [1.29, 1.82) is 0 Å². The van der Waals surface area contributed by atoms with E-state index in [1.54, 1.807) is 79.2 Å². The average molecular weight is 1520 g/mol. The number of fused-ring (bicyclic) bond motifs is 5. The maximum absolute atomic E-state index is 11.6. The van der Waals surface area contributed by atoms with Crippen LogP contribution in [0.2, 0.25) is 35.3 Å². The van der Waals surface area contributed by atoms with E-state index in [0.29, 0.717) is 86.3 Å². The lowest BCUT2D eigenvalue weighted by molar-refractivity contribution is -0.221. The molecule has 11 heterocycles. The lowest BCUT2D eigenvalue weighted by Crippen LogP contribution is -2.45. The van der Waals surface area contributed by atoms with Gasteiger partial charge in [-0.15, -0.1) is 12.4 Å². The van der Waals surface area contributed by atoms with Gasteiger partial charge in [-0.25, -0.2) is 46.8 Å². The molecule has 0 amide bonds. The zero-order chi connectivity index (χ0) is 70.0. The van der Waals surface area contributed by atoms with Crippen LogP contribution in [0.15, 0.2) is 110 Å². The quantitative estimate of drug-likeness (QED) is 0.0393. The van der Waals surface area contributed by atoms with Gasteiger partial charge in [-0.05, 0) is 120 Å². The summed E-state index contributed by atoms with van der Waals surface area (Å²) in [5.41, 5.74) is 4.04. The number of nitrogens with zero attached hydrogens (tertiary/aromatic N) is 9. The van der Waals surface area contributed by atoms with E-state index in [4.69, 9.17) is 124 Å². The van der Waals surface area contributed by atoms with E-state index in [9.17, 15) is 25.5 Å². The standard InChI is InChI=1S/C22H24Cl2N4O5.C21H20Cl3N3O4.C19H20Cl2N4O5.CH5NO.ClH/c1-21(2)32-15-16(33-21)20(28-8-7-12-18(27-30-4)25-10-26-19(12)28)31-17(15)22(3,29)11-5-6-13(23)14(24)9-11;1-20(2)30-14-15(31-20)19(27-7-6-11-17(24)25-9-26-18(11)27)29-16(14)21(3,28)10-4-5-12(22)13(23)8-10;1-19(28,9-3-4-11(20)12(21)7-9)15-13(26)14(27)18(30-15)25-6-5-10-16(24-29-2)22-8-23-17(10)25;1-3-2;/h5-10,15-17,20,29H,1-4H3,(H,25,26,27);4-9,14-16,19,28H,1-3H3;3-8,13-15,18,26-28H,1-2H3,(H,22,23,24);2H2,1H3;1H/t15-,16+,17-,20+,22+;14-,15+,16-,19+,21+;13-,14+,15-,18+,19+;;/m000../s1. The summed E-state index contributed by atoms with van der Waals surface area (Å²) in [5, 5.41) is 60.3. The van der Waals surface area contributed by atoms with Gasteiger partial charge in [-0.1, -0.05) is 99.4 Å². The second-order valence-electron chi connectivity index (χ2n) is 24.6. The fraction of sp³-hybridized carbons (Fsp3) is 0.429. The summed E-state index contributed by atoms with van der Waals surface area (Å²) in [6, 6.07) is 20.0. The molecule has 5 aliphatic rings. The Morgan fingerprint density at radius 3 is 1.16 bits per heavy atom. The van der Waals surface area contributed by atoms with Crippen molar-refractivity contribution in [2.45, 2.75) is 150 Å². The minimum Gasteiger partial charge on any atom is -0.387 e. The van der Waals surface area contributed by atoms with Gasteiger partial charge in [0, 0.05) is 18.6 Å². The van der Waals surface area contributed by atoms with Gasteiger partial charge in [0.15, 0.2) is 41.9 Å². The number of rotatable bonds is 13. The molecule has 0 bridgehead atoms. The molecule has 0 saturated carbocycles. The van der Waals surface area contributed by atoms with Crippen LogP contribution in [-0.2, 0) is 64.5 Å². The summed E-state index contributed by atoms with van der Waals surface area (Å²) in [6.45, 7) is 12.2. The van der Waals surface area contributed by atoms with Gasteiger partial charge in [-0.3, -0.25) is 9.68 Å². The highest BCUT2D eigenvalue weighted by molar-refractivity contribution is 6.43. The van der Waals surface area contributed by atoms with E-state index >= 15 is 0 Å². The molecular weight excluding hydrogens is 1450 g/mol. The molecule has 5 aliphatic heterocycles. The molecule has 0 unspecified atom stereocenters. The first kappa shape index (κ1) is 75.5. The molecule has 98 heavy (non-hydrogen) atoms. The second-order valence-corrected chi connectivity index (χ2v) is 27.4. The lowest BCUT2D eigenvalue weighted by Gasteiger charge is -2.34. The smallest absolute Gasteiger partial charge is 0.164 e. The van der Waals surface area contributed by atoms with Crippen LogP contribution < -0.4 is 16.9 Å². The van der Waals surface area contributed by atoms with Crippen LogP contribution in [-0.4, -0.2) is 157 Å². The van der Waals surface area contributed by atoms with E-state index in [0.717, 1.165) is 5.39 Å². The third kappa shape index (κ3) is 14.5. The van der Waals surface area contributed by atoms with Crippen molar-refractivity contribution in [2.24, 2.45) is 5.90 Å². The van der Waals surface area contributed by atoms with Crippen molar-refractivity contribution in [3.8, 4) is 0 Å². The van der Waals surface area contributed by atoms with Crippen molar-refractivity contribution in [2.75, 3.05) is 32.3 Å². The molecule has 5 fully saturated rings. The molecule has 0 aliphatic carbocycles. The van der Waals surface area contributed by atoms with Gasteiger partial charge in [0.25, 0.3) is 0 Å². The lowest BCUT2D eigenvalue weighted by atomic mass is 9.87. The Balaban J connectivity index is 0.000000155. The van der Waals surface area contributed by atoms with E-state index in [1.807, 2.05) is 61.4 Å². The number of aliphatic hydroxyl groups excluding tert-OH is 2. The van der Waals surface area contributed by atoms with Crippen LogP contribution in [0.4, 0.5) is 11.6 Å². The number of nitrogens with one attached hydrogen (secondary N) is 2. The SMILES string of the molecule is CC1(C)O[C@@H]2[C@H](O1)[C@@H]([C@](C)(O)c1ccc(Cl)c(Cl)c1)O[C@H]2n1ccc2c(Cl)ncnc21.CON.CONc1ncnc2c1ccn2[C@@H]1O[C@H]([C@](C)(O)c2ccc(Cl)c(Cl)c2)[C@@H](O)[C@H]1O.CONc1ncnc2c1ccn2[C@@H]1O[C@H]([C@](C)(O)c2ccc(Cl)c(Cl)c2)[C@H]2OC(C)(C)O[C@H]21.Cl. The second kappa shape index (κ2) is 29.6. The first-order chi connectivity index (χ1) is 45.9. The number of nitrogens with two attached hydrogens (primary N) is 1. The fourth-order valence-electron chi connectivity index (χ4n) is 12.6. The maximum Gasteiger partial charge on any atom is 0.164 e. The number of hydrogen-bond donors (Lipinski definition) is 8. The summed E-state index contributed by atoms with van der Waals surface area (Å²) in [5.74, 6) is 3.61. The monoisotopic (exact) mass is 1510 g/mol. The van der Waals surface area contributed by atoms with Crippen LogP contribution in [0.3, 0.4) is 0 Å². The van der Waals surface area contributed by atoms with Gasteiger partial charge in [-0.2, -0.15) is 0 Å². The van der Waals surface area contributed by atoms with Gasteiger partial charge < -0.3 is 77.2 Å². The van der Waals surface area contributed by atoms with E-state index in [2.05, 4.69) is 51.6 Å². The zero-order valence-corrected chi connectivity index (χ0v) is 59.9. The Morgan fingerprint density at radius 1 is 0.459 bits per heavy atom. The highest BCUT2D eigenvalue weighted by atomic mass is 35.5. The summed E-state index contributed by atoms with van der Waals surface area (Å²) in [4.78, 5) is 39.1. The molecule has 528 valence electrons. The molecule has 9 N–H and O–H groups in total. The van der Waals surface area contributed by atoms with Gasteiger partial charge in [0.2, 0.25) is 0 Å². The summed E-state index contributed by atoms with van der Waals surface area (Å²) >= 11 is 42.8. The van der Waals surface area contributed by atoms with Crippen molar-refractivity contribution < 1.29 is 73.2 Å². The summed E-state index contributed by atoms with van der Waals surface area (Å²) < 4.78 is 48.8. The topological polar surface area (TPSA) is 336 Å². The largest absolute Gasteiger partial charge is 0.387 e. The summed E-state index contributed by atoms with van der Waals surface area (Å²) in [6.07, 6.45) is -0.183. The Hall–Kier alpha value is -5.20. The van der Waals surface area contributed by atoms with Gasteiger partial charge in [0.05, 0.1) is 67.6 Å². The third-order valence-corrected chi connectivity index (χ3v) is 19.7. The van der Waals surface area contributed by atoms with Crippen LogP contribution in [0.5, 0.6) is 0 Å². The number of hydrogen-bond acceptors (Lipinski definition) is 24. The normalized spacial score (nSPS) is 26.9. The molecule has 15 atom stereocenters. The van der Waals surface area contributed by atoms with Crippen molar-refractivity contribution in [3.63, 3.8) is 0 Å². The Kier molecular flexibility index (Phi) is 22.8. The molecule has 3 aromatic carbocycles. The van der Waals surface area contributed by atoms with Gasteiger partial charge >= 0.3 is 0 Å². The minimum atomic E-state index is -1.66. The number of anilines is 2. The zero-order valence-electron chi connectivity index (χ0n) is 53.8. The Labute approximate surface area is 602 Å². The highest BCUT2D eigenvalue weighted by Crippen LogP contribution is 2.52. The van der Waals surface area contributed by atoms with Crippen LogP contribution in [0.25, 0.3) is 33.1 Å². The molecule has 9 aromatic rings. The predicted molar refractivity (Wildman–Crippen MR) is 367 cm³/mol. The minimum absolute atomic E-state index is 0. The van der Waals surface area contributed by atoms with Crippen LogP contribution >= 0.6 is 93.6 Å². The first-order valence-corrected chi connectivity index (χ1v) is 32.5. The number of aliphatic hydroxyl groups is 5.